The van der Waals surface area contributed by atoms with Crippen LogP contribution in [0.2, 0.25) is 0 Å². The molecule has 34 heavy (non-hydrogen) atoms. The number of hydrazine groups is 1. The Morgan fingerprint density at radius 2 is 2.03 bits per heavy atom. The number of ether oxygens (including phenoxy) is 1. The molecule has 3 heterocycles. The first-order valence-corrected chi connectivity index (χ1v) is 10.4. The van der Waals surface area contributed by atoms with Crippen LogP contribution in [0.3, 0.4) is 0 Å². The van der Waals surface area contributed by atoms with Crippen molar-refractivity contribution in [2.75, 3.05) is 18.6 Å². The van der Waals surface area contributed by atoms with Crippen LogP contribution in [0.1, 0.15) is 18.9 Å². The van der Waals surface area contributed by atoms with E-state index in [1.807, 2.05) is 0 Å². The molecule has 10 nitrogen and oxygen atoms in total. The molecule has 0 unspecified atom stereocenters. The van der Waals surface area contributed by atoms with Crippen LogP contribution in [0.15, 0.2) is 53.4 Å². The zero-order chi connectivity index (χ0) is 23.9. The van der Waals surface area contributed by atoms with Gasteiger partial charge in [-0.3, -0.25) is 9.48 Å². The first-order valence-electron chi connectivity index (χ1n) is 10.4. The molecule has 1 aromatic carbocycles. The molecule has 0 aliphatic heterocycles. The highest BCUT2D eigenvalue weighted by Gasteiger charge is 2.18. The van der Waals surface area contributed by atoms with Crippen molar-refractivity contribution in [2.24, 2.45) is 0 Å². The molecule has 0 saturated carbocycles. The van der Waals surface area contributed by atoms with Gasteiger partial charge in [0.1, 0.15) is 23.5 Å². The molecular formula is C22H21F2N7O3. The summed E-state index contributed by atoms with van der Waals surface area (Å²) >= 11 is 0. The monoisotopic (exact) mass is 469 g/mol. The molecule has 4 aromatic rings. The molecule has 0 atom stereocenters. The van der Waals surface area contributed by atoms with E-state index in [1.54, 1.807) is 35.0 Å². The number of esters is 1. The van der Waals surface area contributed by atoms with Crippen molar-refractivity contribution in [1.29, 1.82) is 0 Å². The highest BCUT2D eigenvalue weighted by Crippen LogP contribution is 2.25. The highest BCUT2D eigenvalue weighted by atomic mass is 19.1. The first-order chi connectivity index (χ1) is 16.5. The van der Waals surface area contributed by atoms with E-state index in [-0.39, 0.29) is 36.6 Å². The van der Waals surface area contributed by atoms with Crippen molar-refractivity contribution in [3.8, 4) is 22.9 Å². The topological polar surface area (TPSA) is 120 Å². The summed E-state index contributed by atoms with van der Waals surface area (Å²) in [6.07, 6.45) is 2.96. The Balaban J connectivity index is 1.55. The van der Waals surface area contributed by atoms with Crippen molar-refractivity contribution in [3.05, 3.63) is 66.1 Å². The predicted molar refractivity (Wildman–Crippen MR) is 117 cm³/mol. The van der Waals surface area contributed by atoms with Crippen LogP contribution in [-0.4, -0.2) is 44.0 Å². The molecule has 4 rings (SSSR count). The average molecular weight is 469 g/mol. The maximum Gasteiger partial charge on any atom is 0.302 e. The van der Waals surface area contributed by atoms with E-state index in [0.29, 0.717) is 35.6 Å². The second-order valence-electron chi connectivity index (χ2n) is 7.18. The smallest absolute Gasteiger partial charge is 0.302 e. The fourth-order valence-corrected chi connectivity index (χ4v) is 3.09. The molecule has 0 aliphatic carbocycles. The molecule has 176 valence electrons. The van der Waals surface area contributed by atoms with Gasteiger partial charge in [0.15, 0.2) is 17.5 Å². The minimum atomic E-state index is -0.668. The lowest BCUT2D eigenvalue weighted by atomic mass is 10.2. The maximum atomic E-state index is 14.2. The number of anilines is 1. The van der Waals surface area contributed by atoms with Gasteiger partial charge in [0.05, 0.1) is 25.0 Å². The van der Waals surface area contributed by atoms with Gasteiger partial charge in [-0.25, -0.2) is 24.2 Å². The number of hydrogen-bond donors (Lipinski definition) is 2. The molecule has 0 aliphatic rings. The third kappa shape index (κ3) is 5.59. The van der Waals surface area contributed by atoms with Crippen molar-refractivity contribution in [2.45, 2.75) is 19.9 Å². The molecule has 0 bridgehead atoms. The van der Waals surface area contributed by atoms with Crippen LogP contribution in [0.5, 0.6) is 0 Å². The van der Waals surface area contributed by atoms with Crippen LogP contribution in [-0.2, 0) is 16.1 Å². The number of aromatic nitrogens is 5. The largest absolute Gasteiger partial charge is 0.466 e. The standard InChI is InChI=1S/C22H21F2N7O3/c1-14(32)33-9-4-8-26-28-21-17(24)12-25-22(27-21)19-11-20(18-7-10-34-30-18)31(29-19)13-15-5-2-3-6-16(15)23/h2-3,5-7,10-12,26H,4,8-9,13H2,1H3,(H,25,27,28). The third-order valence-electron chi connectivity index (χ3n) is 4.69. The van der Waals surface area contributed by atoms with E-state index < -0.39 is 5.82 Å². The summed E-state index contributed by atoms with van der Waals surface area (Å²) in [5.41, 5.74) is 7.31. The van der Waals surface area contributed by atoms with Crippen LogP contribution in [0.4, 0.5) is 14.6 Å². The number of rotatable bonds is 10. The fraction of sp³-hybridized carbons (Fsp3) is 0.227. The predicted octanol–water partition coefficient (Wildman–Crippen LogP) is 3.19. The second kappa shape index (κ2) is 10.6. The van der Waals surface area contributed by atoms with E-state index in [0.717, 1.165) is 6.20 Å². The minimum absolute atomic E-state index is 0.0795. The summed E-state index contributed by atoms with van der Waals surface area (Å²) in [6.45, 7) is 2.10. The second-order valence-corrected chi connectivity index (χ2v) is 7.18. The lowest BCUT2D eigenvalue weighted by Gasteiger charge is -2.09. The van der Waals surface area contributed by atoms with Gasteiger partial charge in [-0.1, -0.05) is 23.4 Å². The van der Waals surface area contributed by atoms with Gasteiger partial charge in [0.25, 0.3) is 0 Å². The third-order valence-corrected chi connectivity index (χ3v) is 4.69. The quantitative estimate of drug-likeness (QED) is 0.205. The minimum Gasteiger partial charge on any atom is -0.466 e. The fourth-order valence-electron chi connectivity index (χ4n) is 3.09. The lowest BCUT2D eigenvalue weighted by Crippen LogP contribution is -2.25. The van der Waals surface area contributed by atoms with Crippen LogP contribution in [0, 0.1) is 11.6 Å². The number of hydrogen-bond acceptors (Lipinski definition) is 9. The summed E-state index contributed by atoms with van der Waals surface area (Å²) in [5.74, 6) is -1.32. The van der Waals surface area contributed by atoms with E-state index in [2.05, 4.69) is 31.1 Å². The van der Waals surface area contributed by atoms with Gasteiger partial charge in [-0.05, 0) is 18.6 Å². The van der Waals surface area contributed by atoms with Crippen molar-refractivity contribution in [3.63, 3.8) is 0 Å². The number of halogens is 2. The summed E-state index contributed by atoms with van der Waals surface area (Å²) < 4.78 is 39.8. The first kappa shape index (κ1) is 23.0. The zero-order valence-corrected chi connectivity index (χ0v) is 18.2. The lowest BCUT2D eigenvalue weighted by molar-refractivity contribution is -0.141. The Kier molecular flexibility index (Phi) is 7.18. The average Bonchev–Trinajstić information content (AvgIpc) is 3.49. The van der Waals surface area contributed by atoms with Crippen LogP contribution in [0.25, 0.3) is 22.9 Å². The van der Waals surface area contributed by atoms with Gasteiger partial charge < -0.3 is 14.7 Å². The molecule has 2 N–H and O–H groups in total. The Morgan fingerprint density at radius 1 is 1.18 bits per heavy atom. The van der Waals surface area contributed by atoms with E-state index in [1.165, 1.54) is 19.3 Å². The Labute approximate surface area is 192 Å². The summed E-state index contributed by atoms with van der Waals surface area (Å²) in [7, 11) is 0. The van der Waals surface area contributed by atoms with Gasteiger partial charge >= 0.3 is 5.97 Å². The van der Waals surface area contributed by atoms with Gasteiger partial charge in [-0.15, -0.1) is 0 Å². The summed E-state index contributed by atoms with van der Waals surface area (Å²) in [6, 6.07) is 9.69. The molecule has 0 amide bonds. The summed E-state index contributed by atoms with van der Waals surface area (Å²) in [5, 5.41) is 8.45. The number of nitrogens with zero attached hydrogens (tertiary/aromatic N) is 5. The van der Waals surface area contributed by atoms with Gasteiger partial charge in [0, 0.05) is 25.1 Å². The number of carbonyl (C=O) groups is 1. The highest BCUT2D eigenvalue weighted by molar-refractivity contribution is 5.65. The number of nitrogens with one attached hydrogen (secondary N) is 2. The molecule has 3 aromatic heterocycles. The van der Waals surface area contributed by atoms with Crippen LogP contribution < -0.4 is 10.9 Å². The Bertz CT molecular complexity index is 1260. The van der Waals surface area contributed by atoms with Crippen molar-refractivity contribution >= 4 is 11.8 Å². The molecule has 0 radical (unpaired) electrons. The SMILES string of the molecule is CC(=O)OCCCNNc1nc(-c2cc(-c3ccon3)n(Cc3ccccc3F)n2)ncc1F. The maximum absolute atomic E-state index is 14.2. The van der Waals surface area contributed by atoms with E-state index >= 15 is 0 Å². The summed E-state index contributed by atoms with van der Waals surface area (Å²) in [4.78, 5) is 19.0. The normalized spacial score (nSPS) is 10.9. The number of benzene rings is 1. The Morgan fingerprint density at radius 3 is 2.79 bits per heavy atom. The van der Waals surface area contributed by atoms with E-state index in [4.69, 9.17) is 9.26 Å². The van der Waals surface area contributed by atoms with Crippen molar-refractivity contribution in [1.82, 2.24) is 30.3 Å². The zero-order valence-electron chi connectivity index (χ0n) is 18.2. The van der Waals surface area contributed by atoms with Gasteiger partial charge in [-0.2, -0.15) is 5.10 Å². The molecule has 0 spiro atoms. The molecule has 12 heteroatoms. The number of carbonyl (C=O) groups excluding carboxylic acids is 1. The molecular weight excluding hydrogens is 448 g/mol. The van der Waals surface area contributed by atoms with Crippen molar-refractivity contribution < 1.29 is 22.8 Å². The molecule has 0 fully saturated rings. The van der Waals surface area contributed by atoms with E-state index in [9.17, 15) is 13.6 Å². The Hall–Kier alpha value is -4.19. The van der Waals surface area contributed by atoms with Crippen LogP contribution >= 0.6 is 0 Å². The van der Waals surface area contributed by atoms with Gasteiger partial charge in [0.2, 0.25) is 0 Å². The molecule has 0 saturated heterocycles.